The van der Waals surface area contributed by atoms with Crippen LogP contribution in [0.4, 0.5) is 0 Å². The number of fused-ring (bicyclic) bond motifs is 1. The third-order valence-electron chi connectivity index (χ3n) is 1.77. The number of aromatic amines is 1. The quantitative estimate of drug-likeness (QED) is 0.816. The molecule has 2 N–H and O–H groups in total. The minimum Gasteiger partial charge on any atom is -0.481 e. The van der Waals surface area contributed by atoms with E-state index < -0.39 is 5.97 Å². The maximum Gasteiger partial charge on any atom is 0.313 e. The van der Waals surface area contributed by atoms with Crippen LogP contribution in [0.1, 0.15) is 5.82 Å². The number of nitrogens with one attached hydrogen (secondary N) is 1. The average Bonchev–Trinajstić information content (AvgIpc) is 2.59. The zero-order valence-corrected chi connectivity index (χ0v) is 8.62. The van der Waals surface area contributed by atoms with Gasteiger partial charge in [0, 0.05) is 6.20 Å². The van der Waals surface area contributed by atoms with Crippen LogP contribution in [0.3, 0.4) is 0 Å². The average molecular weight is 223 g/mol. The van der Waals surface area contributed by atoms with Crippen LogP contribution in [0.2, 0.25) is 0 Å². The van der Waals surface area contributed by atoms with E-state index in [0.29, 0.717) is 11.4 Å². The van der Waals surface area contributed by atoms with Crippen LogP contribution >= 0.6 is 11.8 Å². The summed E-state index contributed by atoms with van der Waals surface area (Å²) in [5.74, 6) is 0.594. The van der Waals surface area contributed by atoms with Gasteiger partial charge in [0.25, 0.3) is 0 Å². The van der Waals surface area contributed by atoms with Crippen LogP contribution in [0.25, 0.3) is 11.2 Å². The summed E-state index contributed by atoms with van der Waals surface area (Å²) in [7, 11) is 0. The van der Waals surface area contributed by atoms with Crippen LogP contribution in [-0.4, -0.2) is 31.8 Å². The van der Waals surface area contributed by atoms with Crippen LogP contribution in [0, 0.1) is 0 Å². The molecule has 0 aliphatic carbocycles. The van der Waals surface area contributed by atoms with Gasteiger partial charge in [0.15, 0.2) is 5.65 Å². The Hall–Kier alpha value is -1.56. The van der Waals surface area contributed by atoms with Crippen molar-refractivity contribution < 1.29 is 9.90 Å². The topological polar surface area (TPSA) is 78.9 Å². The number of hydrogen-bond acceptors (Lipinski definition) is 4. The molecule has 0 aliphatic rings. The monoisotopic (exact) mass is 223 g/mol. The van der Waals surface area contributed by atoms with Crippen LogP contribution < -0.4 is 0 Å². The van der Waals surface area contributed by atoms with Gasteiger partial charge in [-0.2, -0.15) is 0 Å². The second kappa shape index (κ2) is 4.31. The van der Waals surface area contributed by atoms with E-state index in [0.717, 1.165) is 11.3 Å². The molecule has 0 saturated heterocycles. The van der Waals surface area contributed by atoms with Gasteiger partial charge in [0.05, 0.1) is 17.0 Å². The molecular weight excluding hydrogens is 214 g/mol. The number of carboxylic acids is 1. The summed E-state index contributed by atoms with van der Waals surface area (Å²) >= 11 is 1.31. The number of rotatable bonds is 4. The lowest BCUT2D eigenvalue weighted by atomic mass is 10.4. The first-order valence-corrected chi connectivity index (χ1v) is 5.50. The third-order valence-corrected chi connectivity index (χ3v) is 2.70. The summed E-state index contributed by atoms with van der Waals surface area (Å²) in [6.45, 7) is 0. The first-order valence-electron chi connectivity index (χ1n) is 4.35. The largest absolute Gasteiger partial charge is 0.481 e. The van der Waals surface area contributed by atoms with Crippen molar-refractivity contribution in [2.75, 3.05) is 5.75 Å². The van der Waals surface area contributed by atoms with Gasteiger partial charge in [0.2, 0.25) is 0 Å². The van der Waals surface area contributed by atoms with E-state index in [2.05, 4.69) is 15.0 Å². The smallest absolute Gasteiger partial charge is 0.313 e. The molecule has 0 aromatic carbocycles. The van der Waals surface area contributed by atoms with E-state index in [9.17, 15) is 4.79 Å². The second-order valence-corrected chi connectivity index (χ2v) is 3.93. The first-order chi connectivity index (χ1) is 7.25. The lowest BCUT2D eigenvalue weighted by Crippen LogP contribution is -1.98. The molecule has 0 spiro atoms. The van der Waals surface area contributed by atoms with Gasteiger partial charge in [-0.1, -0.05) is 0 Å². The molecule has 0 amide bonds. The SMILES string of the molecule is O=C(O)CSCc1nc2ncccc2[nH]1. The van der Waals surface area contributed by atoms with Gasteiger partial charge in [-0.25, -0.2) is 9.97 Å². The molecule has 2 aromatic rings. The maximum atomic E-state index is 10.3. The Morgan fingerprint density at radius 3 is 3.20 bits per heavy atom. The number of H-pyrrole nitrogens is 1. The van der Waals surface area contributed by atoms with Crippen molar-refractivity contribution >= 4 is 28.9 Å². The molecule has 0 unspecified atom stereocenters. The standard InChI is InChI=1S/C9H9N3O2S/c13-8(14)5-15-4-7-11-6-2-1-3-10-9(6)12-7/h1-3H,4-5H2,(H,13,14)(H,10,11,12). The number of aromatic nitrogens is 3. The number of carboxylic acid groups (broad SMARTS) is 1. The number of hydrogen-bond donors (Lipinski definition) is 2. The van der Waals surface area contributed by atoms with Crippen LogP contribution in [0.15, 0.2) is 18.3 Å². The fourth-order valence-corrected chi connectivity index (χ4v) is 1.80. The fraction of sp³-hybridized carbons (Fsp3) is 0.222. The number of pyridine rings is 1. The molecule has 6 heteroatoms. The van der Waals surface area contributed by atoms with Gasteiger partial charge in [-0.15, -0.1) is 11.8 Å². The summed E-state index contributed by atoms with van der Waals surface area (Å²) in [5, 5.41) is 8.47. The van der Waals surface area contributed by atoms with E-state index in [1.165, 1.54) is 11.8 Å². The molecular formula is C9H9N3O2S. The van der Waals surface area contributed by atoms with Crippen molar-refractivity contribution in [2.24, 2.45) is 0 Å². The van der Waals surface area contributed by atoms with Gasteiger partial charge in [-0.05, 0) is 12.1 Å². The lowest BCUT2D eigenvalue weighted by molar-refractivity contribution is -0.133. The van der Waals surface area contributed by atoms with E-state index in [1.807, 2.05) is 12.1 Å². The van der Waals surface area contributed by atoms with Crippen molar-refractivity contribution in [3.8, 4) is 0 Å². The highest BCUT2D eigenvalue weighted by Gasteiger charge is 2.04. The Balaban J connectivity index is 2.05. The number of thioether (sulfide) groups is 1. The molecule has 0 aliphatic heterocycles. The first kappa shape index (κ1) is 9.97. The van der Waals surface area contributed by atoms with E-state index in [-0.39, 0.29) is 5.75 Å². The number of aliphatic carboxylic acids is 1. The minimum atomic E-state index is -0.811. The van der Waals surface area contributed by atoms with Crippen molar-refractivity contribution in [3.05, 3.63) is 24.2 Å². The Bertz CT molecular complexity index is 450. The van der Waals surface area contributed by atoms with E-state index in [4.69, 9.17) is 5.11 Å². The molecule has 2 aromatic heterocycles. The zero-order chi connectivity index (χ0) is 10.7. The molecule has 0 atom stereocenters. The molecule has 2 rings (SSSR count). The highest BCUT2D eigenvalue weighted by molar-refractivity contribution is 7.99. The normalized spacial score (nSPS) is 10.7. The minimum absolute atomic E-state index is 0.0878. The Morgan fingerprint density at radius 2 is 2.47 bits per heavy atom. The maximum absolute atomic E-state index is 10.3. The van der Waals surface area contributed by atoms with Crippen LogP contribution in [-0.2, 0) is 10.5 Å². The number of carbonyl (C=O) groups is 1. The number of nitrogens with zero attached hydrogens (tertiary/aromatic N) is 2. The van der Waals surface area contributed by atoms with Gasteiger partial charge < -0.3 is 10.1 Å². The number of imidazole rings is 1. The molecule has 78 valence electrons. The molecule has 2 heterocycles. The highest BCUT2D eigenvalue weighted by atomic mass is 32.2. The van der Waals surface area contributed by atoms with E-state index >= 15 is 0 Å². The molecule has 0 bridgehead atoms. The summed E-state index contributed by atoms with van der Waals surface area (Å²) < 4.78 is 0. The molecule has 0 saturated carbocycles. The zero-order valence-electron chi connectivity index (χ0n) is 7.80. The van der Waals surface area contributed by atoms with Crippen molar-refractivity contribution in [1.82, 2.24) is 15.0 Å². The predicted molar refractivity (Wildman–Crippen MR) is 57.7 cm³/mol. The highest BCUT2D eigenvalue weighted by Crippen LogP contribution is 2.12. The van der Waals surface area contributed by atoms with Gasteiger partial charge in [-0.3, -0.25) is 4.79 Å². The summed E-state index contributed by atoms with van der Waals surface area (Å²) in [4.78, 5) is 21.7. The van der Waals surface area contributed by atoms with Crippen molar-refractivity contribution in [2.45, 2.75) is 5.75 Å². The summed E-state index contributed by atoms with van der Waals surface area (Å²) in [6.07, 6.45) is 1.68. The van der Waals surface area contributed by atoms with E-state index in [1.54, 1.807) is 6.20 Å². The Kier molecular flexibility index (Phi) is 2.86. The Labute approximate surface area is 89.9 Å². The summed E-state index contributed by atoms with van der Waals surface area (Å²) in [6, 6.07) is 3.72. The molecule has 0 fully saturated rings. The summed E-state index contributed by atoms with van der Waals surface area (Å²) in [5.41, 5.74) is 1.55. The molecule has 15 heavy (non-hydrogen) atoms. The second-order valence-electron chi connectivity index (χ2n) is 2.94. The molecule has 0 radical (unpaired) electrons. The lowest BCUT2D eigenvalue weighted by Gasteiger charge is -1.92. The van der Waals surface area contributed by atoms with Crippen molar-refractivity contribution in [1.29, 1.82) is 0 Å². The van der Waals surface area contributed by atoms with Crippen LogP contribution in [0.5, 0.6) is 0 Å². The van der Waals surface area contributed by atoms with Gasteiger partial charge >= 0.3 is 5.97 Å². The molecule has 5 nitrogen and oxygen atoms in total. The fourth-order valence-electron chi connectivity index (χ4n) is 1.20. The van der Waals surface area contributed by atoms with Gasteiger partial charge in [0.1, 0.15) is 5.82 Å². The Morgan fingerprint density at radius 1 is 1.60 bits per heavy atom. The third kappa shape index (κ3) is 2.47. The predicted octanol–water partition coefficient (Wildman–Crippen LogP) is 1.28. The van der Waals surface area contributed by atoms with Crippen molar-refractivity contribution in [3.63, 3.8) is 0 Å².